The van der Waals surface area contributed by atoms with Crippen molar-refractivity contribution in [2.24, 2.45) is 0 Å². The molecule has 2 rings (SSSR count). The van der Waals surface area contributed by atoms with Crippen LogP contribution >= 0.6 is 0 Å². The lowest BCUT2D eigenvalue weighted by Crippen LogP contribution is -2.33. The molecule has 0 amide bonds. The first-order valence-corrected chi connectivity index (χ1v) is 6.12. The van der Waals surface area contributed by atoms with Gasteiger partial charge in [0.05, 0.1) is 0 Å². The van der Waals surface area contributed by atoms with Crippen molar-refractivity contribution in [3.8, 4) is 12.3 Å². The molecule has 90 valence electrons. The third kappa shape index (κ3) is 2.78. The molecule has 1 aromatic heterocycles. The van der Waals surface area contributed by atoms with Crippen molar-refractivity contribution in [2.75, 3.05) is 0 Å². The molecule has 3 nitrogen and oxygen atoms in total. The number of fused-ring (bicyclic) bond motifs is 1. The van der Waals surface area contributed by atoms with Gasteiger partial charge in [-0.3, -0.25) is 4.79 Å². The average molecular weight is 230 g/mol. The maximum Gasteiger partial charge on any atom is 0.248 e. The van der Waals surface area contributed by atoms with Crippen LogP contribution in [0.4, 0.5) is 0 Å². The summed E-state index contributed by atoms with van der Waals surface area (Å²) in [6.07, 6.45) is 9.22. The van der Waals surface area contributed by atoms with Crippen molar-refractivity contribution >= 4 is 0 Å². The first kappa shape index (κ1) is 11.9. The summed E-state index contributed by atoms with van der Waals surface area (Å²) in [5, 5.41) is 3.53. The number of nitrogens with one attached hydrogen (secondary N) is 2. The molecule has 17 heavy (non-hydrogen) atoms. The molecule has 0 radical (unpaired) electrons. The molecule has 0 spiro atoms. The molecule has 1 heterocycles. The van der Waals surface area contributed by atoms with Crippen LogP contribution in [0.3, 0.4) is 0 Å². The van der Waals surface area contributed by atoms with E-state index in [2.05, 4.69) is 23.1 Å². The standard InChI is InChI=1S/C14H18N2O/c1-3-5-10(2)15-12-6-4-7-13-11(12)8-9-14(17)16-13/h1,8-10,12,15H,4-7H2,2H3,(H,16,17). The Morgan fingerprint density at radius 2 is 2.47 bits per heavy atom. The van der Waals surface area contributed by atoms with E-state index in [9.17, 15) is 4.79 Å². The predicted octanol–water partition coefficient (Wildman–Crippen LogP) is 1.75. The fraction of sp³-hybridized carbons (Fsp3) is 0.500. The minimum atomic E-state index is -0.0129. The predicted molar refractivity (Wildman–Crippen MR) is 68.8 cm³/mol. The van der Waals surface area contributed by atoms with Crippen molar-refractivity contribution < 1.29 is 0 Å². The number of pyridine rings is 1. The van der Waals surface area contributed by atoms with Crippen LogP contribution in [0.2, 0.25) is 0 Å². The van der Waals surface area contributed by atoms with Gasteiger partial charge in [-0.1, -0.05) is 6.07 Å². The number of rotatable bonds is 3. The molecular weight excluding hydrogens is 212 g/mol. The normalized spacial score (nSPS) is 20.4. The lowest BCUT2D eigenvalue weighted by Gasteiger charge is -2.28. The molecule has 1 aromatic rings. The smallest absolute Gasteiger partial charge is 0.248 e. The summed E-state index contributed by atoms with van der Waals surface area (Å²) in [7, 11) is 0. The van der Waals surface area contributed by atoms with Gasteiger partial charge in [0.15, 0.2) is 0 Å². The minimum Gasteiger partial charge on any atom is -0.326 e. The summed E-state index contributed by atoms with van der Waals surface area (Å²) in [5.74, 6) is 2.67. The van der Waals surface area contributed by atoms with E-state index in [0.29, 0.717) is 12.1 Å². The Bertz CT molecular complexity index is 484. The zero-order valence-electron chi connectivity index (χ0n) is 10.1. The van der Waals surface area contributed by atoms with E-state index >= 15 is 0 Å². The highest BCUT2D eigenvalue weighted by atomic mass is 16.1. The fourth-order valence-electron chi connectivity index (χ4n) is 2.45. The van der Waals surface area contributed by atoms with E-state index in [1.54, 1.807) is 6.07 Å². The zero-order chi connectivity index (χ0) is 12.3. The Morgan fingerprint density at radius 1 is 1.65 bits per heavy atom. The molecule has 0 aromatic carbocycles. The Balaban J connectivity index is 2.17. The minimum absolute atomic E-state index is 0.0129. The van der Waals surface area contributed by atoms with Crippen molar-refractivity contribution in [2.45, 2.75) is 44.7 Å². The Morgan fingerprint density at radius 3 is 3.24 bits per heavy atom. The van der Waals surface area contributed by atoms with Gasteiger partial charge < -0.3 is 10.3 Å². The van der Waals surface area contributed by atoms with Crippen LogP contribution in [0.1, 0.15) is 43.5 Å². The molecule has 2 unspecified atom stereocenters. The van der Waals surface area contributed by atoms with Gasteiger partial charge in [0, 0.05) is 30.3 Å². The fourth-order valence-corrected chi connectivity index (χ4v) is 2.45. The first-order chi connectivity index (χ1) is 8.20. The highest BCUT2D eigenvalue weighted by molar-refractivity contribution is 5.26. The Labute approximate surface area is 102 Å². The zero-order valence-corrected chi connectivity index (χ0v) is 10.1. The molecule has 2 N–H and O–H groups in total. The number of terminal acetylenes is 1. The van der Waals surface area contributed by atoms with Crippen molar-refractivity contribution in [1.29, 1.82) is 0 Å². The van der Waals surface area contributed by atoms with Gasteiger partial charge in [0.2, 0.25) is 5.56 Å². The van der Waals surface area contributed by atoms with Crippen molar-refractivity contribution in [3.63, 3.8) is 0 Å². The van der Waals surface area contributed by atoms with Crippen LogP contribution in [0.5, 0.6) is 0 Å². The van der Waals surface area contributed by atoms with E-state index < -0.39 is 0 Å². The Kier molecular flexibility index (Phi) is 3.65. The monoisotopic (exact) mass is 230 g/mol. The van der Waals surface area contributed by atoms with Crippen LogP contribution in [-0.2, 0) is 6.42 Å². The highest BCUT2D eigenvalue weighted by Gasteiger charge is 2.21. The van der Waals surface area contributed by atoms with E-state index in [0.717, 1.165) is 31.4 Å². The molecule has 1 aliphatic rings. The van der Waals surface area contributed by atoms with Crippen LogP contribution in [0, 0.1) is 12.3 Å². The van der Waals surface area contributed by atoms with E-state index in [4.69, 9.17) is 6.42 Å². The second-order valence-electron chi connectivity index (χ2n) is 4.68. The molecule has 0 bridgehead atoms. The van der Waals surface area contributed by atoms with Gasteiger partial charge >= 0.3 is 0 Å². The number of hydrogen-bond acceptors (Lipinski definition) is 2. The lowest BCUT2D eigenvalue weighted by atomic mass is 9.90. The summed E-state index contributed by atoms with van der Waals surface area (Å²) in [6, 6.07) is 4.17. The maximum absolute atomic E-state index is 11.3. The third-order valence-electron chi connectivity index (χ3n) is 3.24. The number of hydrogen-bond donors (Lipinski definition) is 2. The summed E-state index contributed by atoms with van der Waals surface area (Å²) in [6.45, 7) is 2.10. The average Bonchev–Trinajstić information content (AvgIpc) is 2.29. The van der Waals surface area contributed by atoms with Crippen LogP contribution < -0.4 is 10.9 Å². The van der Waals surface area contributed by atoms with Gasteiger partial charge in [-0.15, -0.1) is 12.3 Å². The maximum atomic E-state index is 11.3. The first-order valence-electron chi connectivity index (χ1n) is 6.12. The summed E-state index contributed by atoms with van der Waals surface area (Å²) < 4.78 is 0. The van der Waals surface area contributed by atoms with Crippen LogP contribution in [-0.4, -0.2) is 11.0 Å². The van der Waals surface area contributed by atoms with Gasteiger partial charge in [0.25, 0.3) is 0 Å². The van der Waals surface area contributed by atoms with E-state index in [1.807, 2.05) is 6.07 Å². The molecule has 0 saturated heterocycles. The van der Waals surface area contributed by atoms with E-state index in [1.165, 1.54) is 5.56 Å². The quantitative estimate of drug-likeness (QED) is 0.777. The molecule has 0 aliphatic heterocycles. The number of aromatic amines is 1. The SMILES string of the molecule is C#CCC(C)NC1CCCc2[nH]c(=O)ccc21. The van der Waals surface area contributed by atoms with Crippen molar-refractivity contribution in [1.82, 2.24) is 10.3 Å². The lowest BCUT2D eigenvalue weighted by molar-refractivity contribution is 0.408. The largest absolute Gasteiger partial charge is 0.326 e. The topological polar surface area (TPSA) is 44.9 Å². The number of aromatic nitrogens is 1. The molecule has 2 atom stereocenters. The molecular formula is C14H18N2O. The van der Waals surface area contributed by atoms with Gasteiger partial charge in [-0.05, 0) is 31.7 Å². The Hall–Kier alpha value is -1.53. The van der Waals surface area contributed by atoms with Crippen LogP contribution in [0.25, 0.3) is 0 Å². The third-order valence-corrected chi connectivity index (χ3v) is 3.24. The summed E-state index contributed by atoms with van der Waals surface area (Å²) in [4.78, 5) is 14.2. The second-order valence-corrected chi connectivity index (χ2v) is 4.68. The van der Waals surface area contributed by atoms with E-state index in [-0.39, 0.29) is 5.56 Å². The van der Waals surface area contributed by atoms with Crippen molar-refractivity contribution in [3.05, 3.63) is 33.7 Å². The van der Waals surface area contributed by atoms with Gasteiger partial charge in [-0.25, -0.2) is 0 Å². The highest BCUT2D eigenvalue weighted by Crippen LogP contribution is 2.27. The molecule has 3 heteroatoms. The summed E-state index contributed by atoms with van der Waals surface area (Å²) in [5.41, 5.74) is 2.29. The number of H-pyrrole nitrogens is 1. The second kappa shape index (κ2) is 5.20. The molecule has 1 aliphatic carbocycles. The van der Waals surface area contributed by atoms with Gasteiger partial charge in [-0.2, -0.15) is 0 Å². The number of aryl methyl sites for hydroxylation is 1. The van der Waals surface area contributed by atoms with Crippen LogP contribution in [0.15, 0.2) is 16.9 Å². The van der Waals surface area contributed by atoms with Gasteiger partial charge in [0.1, 0.15) is 0 Å². The molecule has 0 fully saturated rings. The molecule has 0 saturated carbocycles. The summed E-state index contributed by atoms with van der Waals surface area (Å²) >= 11 is 0.